The number of carboxylic acids is 1. The first-order chi connectivity index (χ1) is 10.3. The van der Waals surface area contributed by atoms with Crippen LogP contribution in [0.25, 0.3) is 6.08 Å². The van der Waals surface area contributed by atoms with Crippen molar-refractivity contribution in [2.45, 2.75) is 6.42 Å². The summed E-state index contributed by atoms with van der Waals surface area (Å²) < 4.78 is 0. The van der Waals surface area contributed by atoms with Gasteiger partial charge in [0.15, 0.2) is 0 Å². The Bertz CT molecular complexity index is 655. The van der Waals surface area contributed by atoms with Crippen molar-refractivity contribution < 1.29 is 19.6 Å². The largest absolute Gasteiger partial charge is 0.478 e. The molecule has 0 atom stereocenters. The van der Waals surface area contributed by atoms with Crippen molar-refractivity contribution in [3.05, 3.63) is 57.1 Å². The predicted octanol–water partition coefficient (Wildman–Crippen LogP) is 2.41. The van der Waals surface area contributed by atoms with E-state index in [1.807, 2.05) is 0 Å². The molecule has 2 N–H and O–H groups in total. The highest BCUT2D eigenvalue weighted by molar-refractivity contribution is 6.32. The lowest BCUT2D eigenvalue weighted by Crippen LogP contribution is -2.23. The van der Waals surface area contributed by atoms with Crippen molar-refractivity contribution in [2.75, 3.05) is 6.54 Å². The lowest BCUT2D eigenvalue weighted by molar-refractivity contribution is -0.384. The Labute approximate surface area is 131 Å². The number of nitro benzene ring substituents is 1. The molecule has 0 saturated heterocycles. The van der Waals surface area contributed by atoms with E-state index in [1.54, 1.807) is 0 Å². The number of hydrogen-bond donors (Lipinski definition) is 2. The van der Waals surface area contributed by atoms with Crippen molar-refractivity contribution in [1.82, 2.24) is 5.32 Å². The third-order valence-corrected chi connectivity index (χ3v) is 2.98. The van der Waals surface area contributed by atoms with Gasteiger partial charge in [0.2, 0.25) is 5.91 Å². The van der Waals surface area contributed by atoms with Gasteiger partial charge in [0.1, 0.15) is 5.02 Å². The second-order valence-electron chi connectivity index (χ2n) is 4.19. The van der Waals surface area contributed by atoms with Crippen LogP contribution in [-0.2, 0) is 9.59 Å². The van der Waals surface area contributed by atoms with E-state index < -0.39 is 16.8 Å². The number of aliphatic carboxylic acids is 1. The van der Waals surface area contributed by atoms with E-state index in [9.17, 15) is 19.7 Å². The quantitative estimate of drug-likeness (QED) is 0.454. The number of rotatable bonds is 7. The van der Waals surface area contributed by atoms with Gasteiger partial charge in [0.25, 0.3) is 5.69 Å². The van der Waals surface area contributed by atoms with Crippen LogP contribution in [0.1, 0.15) is 12.0 Å². The molecule has 0 fully saturated rings. The van der Waals surface area contributed by atoms with Gasteiger partial charge in [0, 0.05) is 18.2 Å². The van der Waals surface area contributed by atoms with Crippen LogP contribution in [0.2, 0.25) is 5.02 Å². The topological polar surface area (TPSA) is 110 Å². The van der Waals surface area contributed by atoms with Gasteiger partial charge in [-0.25, -0.2) is 4.79 Å². The van der Waals surface area contributed by atoms with Gasteiger partial charge >= 0.3 is 5.97 Å². The van der Waals surface area contributed by atoms with Gasteiger partial charge in [0.05, 0.1) is 4.92 Å². The number of carbonyl (C=O) groups excluding carboxylic acids is 1. The van der Waals surface area contributed by atoms with Crippen LogP contribution in [0.4, 0.5) is 5.69 Å². The molecule has 0 spiro atoms. The number of carboxylic acid groups (broad SMARTS) is 1. The highest BCUT2D eigenvalue weighted by atomic mass is 35.5. The Kier molecular flexibility index (Phi) is 6.27. The van der Waals surface area contributed by atoms with Crippen LogP contribution in [0.15, 0.2) is 36.4 Å². The number of benzene rings is 1. The minimum atomic E-state index is -1.18. The molecule has 0 bridgehead atoms. The Morgan fingerprint density at radius 2 is 2.14 bits per heavy atom. The second-order valence-corrected chi connectivity index (χ2v) is 4.60. The van der Waals surface area contributed by atoms with Crippen LogP contribution in [0.5, 0.6) is 0 Å². The molecule has 0 aliphatic carbocycles. The van der Waals surface area contributed by atoms with Gasteiger partial charge in [-0.3, -0.25) is 14.9 Å². The summed E-state index contributed by atoms with van der Waals surface area (Å²) in [5, 5.41) is 22.4. The van der Waals surface area contributed by atoms with E-state index in [-0.39, 0.29) is 29.2 Å². The van der Waals surface area contributed by atoms with Crippen LogP contribution < -0.4 is 5.32 Å². The fraction of sp³-hybridized carbons (Fsp3) is 0.143. The van der Waals surface area contributed by atoms with Crippen LogP contribution in [0.3, 0.4) is 0 Å². The van der Waals surface area contributed by atoms with Crippen molar-refractivity contribution in [3.63, 3.8) is 0 Å². The minimum Gasteiger partial charge on any atom is -0.478 e. The van der Waals surface area contributed by atoms with Gasteiger partial charge in [-0.15, -0.1) is 0 Å². The van der Waals surface area contributed by atoms with E-state index in [0.29, 0.717) is 5.56 Å². The monoisotopic (exact) mass is 324 g/mol. The number of nitro groups is 1. The van der Waals surface area contributed by atoms with E-state index in [1.165, 1.54) is 24.3 Å². The summed E-state index contributed by atoms with van der Waals surface area (Å²) in [5.41, 5.74) is 0.0321. The smallest absolute Gasteiger partial charge is 0.331 e. The van der Waals surface area contributed by atoms with Crippen LogP contribution in [-0.4, -0.2) is 28.5 Å². The molecule has 0 unspecified atom stereocenters. The van der Waals surface area contributed by atoms with Crippen molar-refractivity contribution >= 4 is 35.2 Å². The molecule has 22 heavy (non-hydrogen) atoms. The SMILES string of the molecule is C=CC(=O)NCC/C(=C\c1ccc(Cl)c([N+](=O)[O-])c1)C(=O)O. The molecule has 0 aliphatic heterocycles. The summed E-state index contributed by atoms with van der Waals surface area (Å²) >= 11 is 5.69. The first-order valence-electron chi connectivity index (χ1n) is 6.13. The second kappa shape index (κ2) is 7.94. The molecule has 0 radical (unpaired) electrons. The molecule has 8 heteroatoms. The Balaban J connectivity index is 2.96. The zero-order chi connectivity index (χ0) is 16.7. The van der Waals surface area contributed by atoms with Crippen LogP contribution >= 0.6 is 11.6 Å². The fourth-order valence-electron chi connectivity index (χ4n) is 1.59. The van der Waals surface area contributed by atoms with Gasteiger partial charge in [-0.1, -0.05) is 24.2 Å². The number of nitrogens with zero attached hydrogens (tertiary/aromatic N) is 1. The normalized spacial score (nSPS) is 10.9. The van der Waals surface area contributed by atoms with Gasteiger partial charge in [-0.05, 0) is 30.2 Å². The summed E-state index contributed by atoms with van der Waals surface area (Å²) in [4.78, 5) is 32.3. The average molecular weight is 325 g/mol. The Morgan fingerprint density at radius 1 is 1.45 bits per heavy atom. The zero-order valence-electron chi connectivity index (χ0n) is 11.4. The molecule has 1 rings (SSSR count). The zero-order valence-corrected chi connectivity index (χ0v) is 12.2. The summed E-state index contributed by atoms with van der Waals surface area (Å²) in [6.07, 6.45) is 2.43. The maximum absolute atomic E-state index is 11.2. The summed E-state index contributed by atoms with van der Waals surface area (Å²) in [6.45, 7) is 3.39. The molecule has 116 valence electrons. The molecular weight excluding hydrogens is 312 g/mol. The average Bonchev–Trinajstić information content (AvgIpc) is 2.47. The van der Waals surface area contributed by atoms with Crippen molar-refractivity contribution in [1.29, 1.82) is 0 Å². The highest BCUT2D eigenvalue weighted by Gasteiger charge is 2.13. The van der Waals surface area contributed by atoms with Crippen molar-refractivity contribution in [3.8, 4) is 0 Å². The molecule has 1 aromatic rings. The lowest BCUT2D eigenvalue weighted by Gasteiger charge is -2.04. The van der Waals surface area contributed by atoms with E-state index >= 15 is 0 Å². The van der Waals surface area contributed by atoms with E-state index in [2.05, 4.69) is 11.9 Å². The molecule has 0 aromatic heterocycles. The number of carbonyl (C=O) groups is 2. The molecule has 1 aromatic carbocycles. The maximum atomic E-state index is 11.2. The Hall–Kier alpha value is -2.67. The number of nitrogens with one attached hydrogen (secondary N) is 1. The minimum absolute atomic E-state index is 0.000910. The molecular formula is C14H13ClN2O5. The third kappa shape index (κ3) is 5.02. The van der Waals surface area contributed by atoms with E-state index in [0.717, 1.165) is 6.08 Å². The van der Waals surface area contributed by atoms with Crippen LogP contribution in [0, 0.1) is 10.1 Å². The van der Waals surface area contributed by atoms with Crippen molar-refractivity contribution in [2.24, 2.45) is 0 Å². The maximum Gasteiger partial charge on any atom is 0.331 e. The lowest BCUT2D eigenvalue weighted by atomic mass is 10.1. The number of hydrogen-bond acceptors (Lipinski definition) is 4. The Morgan fingerprint density at radius 3 is 2.68 bits per heavy atom. The summed E-state index contributed by atoms with van der Waals surface area (Å²) in [7, 11) is 0. The molecule has 0 saturated carbocycles. The number of halogens is 1. The predicted molar refractivity (Wildman–Crippen MR) is 81.5 cm³/mol. The summed E-state index contributed by atoms with van der Waals surface area (Å²) in [6, 6.07) is 3.98. The summed E-state index contributed by atoms with van der Waals surface area (Å²) in [5.74, 6) is -1.59. The van der Waals surface area contributed by atoms with Gasteiger partial charge in [-0.2, -0.15) is 0 Å². The first kappa shape index (κ1) is 17.4. The first-order valence-corrected chi connectivity index (χ1v) is 6.51. The molecule has 1 amide bonds. The third-order valence-electron chi connectivity index (χ3n) is 2.66. The van der Waals surface area contributed by atoms with Gasteiger partial charge < -0.3 is 10.4 Å². The standard InChI is InChI=1S/C14H13ClN2O5/c1-2-13(18)16-6-5-10(14(19)20)7-9-3-4-11(15)12(8-9)17(21)22/h2-4,7-8H,1,5-6H2,(H,16,18)(H,19,20)/b10-7+. The molecule has 0 heterocycles. The fourth-order valence-corrected chi connectivity index (χ4v) is 1.78. The van der Waals surface area contributed by atoms with E-state index in [4.69, 9.17) is 16.7 Å². The molecule has 0 aliphatic rings. The highest BCUT2D eigenvalue weighted by Crippen LogP contribution is 2.26. The molecule has 7 nitrogen and oxygen atoms in total. The number of amides is 1.